The molecule has 140 valence electrons. The molecule has 2 aromatic heterocycles. The summed E-state index contributed by atoms with van der Waals surface area (Å²) in [5.41, 5.74) is 2.42. The molecule has 0 aliphatic heterocycles. The Morgan fingerprint density at radius 3 is 2.78 bits per heavy atom. The molecule has 0 saturated carbocycles. The number of carbonyl (C=O) groups is 1. The predicted molar refractivity (Wildman–Crippen MR) is 93.7 cm³/mol. The first-order valence-corrected chi connectivity index (χ1v) is 8.44. The van der Waals surface area contributed by atoms with Gasteiger partial charge in [0.05, 0.1) is 0 Å². The van der Waals surface area contributed by atoms with Gasteiger partial charge in [-0.2, -0.15) is 18.4 Å². The number of hydrogen-bond donors (Lipinski definition) is 1. The minimum absolute atomic E-state index is 0.0215. The molecular weight excluding hydrogens is 381 g/mol. The summed E-state index contributed by atoms with van der Waals surface area (Å²) in [6.45, 7) is 0.185. The summed E-state index contributed by atoms with van der Waals surface area (Å²) in [7, 11) is 0. The van der Waals surface area contributed by atoms with Crippen molar-refractivity contribution in [2.75, 3.05) is 6.54 Å². The van der Waals surface area contributed by atoms with Crippen LogP contribution in [0.25, 0.3) is 17.4 Å². The SMILES string of the molecule is CCn1c(=O)c(=C=Cc2cccnc2)s/c1=C(/C#N)C(=O)NCC(F)(F)F. The van der Waals surface area contributed by atoms with Crippen LogP contribution in [0.15, 0.2) is 29.3 Å². The van der Waals surface area contributed by atoms with E-state index in [1.54, 1.807) is 42.8 Å². The molecule has 2 heterocycles. The highest BCUT2D eigenvalue weighted by molar-refractivity contribution is 7.07. The zero-order valence-electron chi connectivity index (χ0n) is 14.0. The van der Waals surface area contributed by atoms with Gasteiger partial charge >= 0.3 is 6.18 Å². The van der Waals surface area contributed by atoms with Crippen molar-refractivity contribution < 1.29 is 18.0 Å². The van der Waals surface area contributed by atoms with Crippen LogP contribution < -0.4 is 20.1 Å². The first-order chi connectivity index (χ1) is 12.8. The molecule has 0 aromatic carbocycles. The van der Waals surface area contributed by atoms with Crippen LogP contribution in [0.4, 0.5) is 13.2 Å². The molecule has 0 spiro atoms. The molecule has 2 rings (SSSR count). The third-order valence-electron chi connectivity index (χ3n) is 3.26. The summed E-state index contributed by atoms with van der Waals surface area (Å²) in [5, 5.41) is 10.9. The van der Waals surface area contributed by atoms with Crippen LogP contribution in [0.2, 0.25) is 0 Å². The van der Waals surface area contributed by atoms with E-state index in [9.17, 15) is 28.0 Å². The lowest BCUT2D eigenvalue weighted by Crippen LogP contribution is -2.37. The van der Waals surface area contributed by atoms with Crippen LogP contribution in [0.5, 0.6) is 0 Å². The van der Waals surface area contributed by atoms with E-state index in [1.807, 2.05) is 0 Å². The second-order valence-corrected chi connectivity index (χ2v) is 6.14. The topological polar surface area (TPSA) is 87.8 Å². The Labute approximate surface area is 155 Å². The van der Waals surface area contributed by atoms with Gasteiger partial charge in [-0.25, -0.2) is 0 Å². The normalized spacial score (nSPS) is 12.0. The van der Waals surface area contributed by atoms with E-state index in [4.69, 9.17) is 0 Å². The van der Waals surface area contributed by atoms with Gasteiger partial charge in [0.2, 0.25) is 0 Å². The van der Waals surface area contributed by atoms with E-state index in [2.05, 4.69) is 10.7 Å². The molecule has 0 unspecified atom stereocenters. The smallest absolute Gasteiger partial charge is 0.342 e. The van der Waals surface area contributed by atoms with Crippen molar-refractivity contribution in [1.29, 1.82) is 5.26 Å². The Hall–Kier alpha value is -3.15. The Kier molecular flexibility index (Phi) is 6.34. The highest BCUT2D eigenvalue weighted by Gasteiger charge is 2.28. The number of nitrogens with zero attached hydrogens (tertiary/aromatic N) is 3. The van der Waals surface area contributed by atoms with E-state index in [1.165, 1.54) is 6.08 Å². The van der Waals surface area contributed by atoms with Crippen molar-refractivity contribution in [3.05, 3.63) is 49.6 Å². The number of pyridine rings is 1. The van der Waals surface area contributed by atoms with Gasteiger partial charge in [-0.05, 0) is 19.1 Å². The first-order valence-electron chi connectivity index (χ1n) is 7.62. The fraction of sp³-hybridized carbons (Fsp3) is 0.235. The Balaban J connectivity index is 2.61. The molecule has 0 aliphatic rings. The number of aromatic nitrogens is 2. The van der Waals surface area contributed by atoms with Crippen LogP contribution in [-0.2, 0) is 11.3 Å². The van der Waals surface area contributed by atoms with E-state index in [-0.39, 0.29) is 15.7 Å². The zero-order valence-corrected chi connectivity index (χ0v) is 14.8. The van der Waals surface area contributed by atoms with Crippen molar-refractivity contribution in [2.45, 2.75) is 19.6 Å². The summed E-state index contributed by atoms with van der Waals surface area (Å²) >= 11 is 0.810. The summed E-state index contributed by atoms with van der Waals surface area (Å²) < 4.78 is 38.1. The van der Waals surface area contributed by atoms with Gasteiger partial charge in [0.1, 0.15) is 21.8 Å². The van der Waals surface area contributed by atoms with Gasteiger partial charge in [-0.1, -0.05) is 11.8 Å². The van der Waals surface area contributed by atoms with Crippen molar-refractivity contribution in [3.63, 3.8) is 0 Å². The van der Waals surface area contributed by atoms with Gasteiger partial charge < -0.3 is 5.32 Å². The van der Waals surface area contributed by atoms with Crippen LogP contribution in [-0.4, -0.2) is 28.2 Å². The maximum absolute atomic E-state index is 12.4. The van der Waals surface area contributed by atoms with Gasteiger partial charge in [0.25, 0.3) is 11.5 Å². The van der Waals surface area contributed by atoms with E-state index >= 15 is 0 Å². The number of carbonyl (C=O) groups excluding carboxylic acids is 1. The number of halogens is 3. The van der Waals surface area contributed by atoms with Crippen LogP contribution >= 0.6 is 11.3 Å². The number of nitriles is 1. The molecule has 1 amide bonds. The molecular formula is C17H13F3N4O2S. The third kappa shape index (κ3) is 5.17. The quantitative estimate of drug-likeness (QED) is 0.830. The summed E-state index contributed by atoms with van der Waals surface area (Å²) in [5.74, 6) is -1.19. The predicted octanol–water partition coefficient (Wildman–Crippen LogP) is 0.770. The molecule has 0 aliphatic carbocycles. The first kappa shape index (κ1) is 20.2. The Morgan fingerprint density at radius 1 is 1.48 bits per heavy atom. The van der Waals surface area contributed by atoms with Crippen molar-refractivity contribution in [2.24, 2.45) is 0 Å². The molecule has 27 heavy (non-hydrogen) atoms. The van der Waals surface area contributed by atoms with Crippen molar-refractivity contribution >= 4 is 34.6 Å². The molecule has 10 heteroatoms. The summed E-state index contributed by atoms with van der Waals surface area (Å²) in [6, 6.07) is 5.02. The minimum atomic E-state index is -4.61. The second-order valence-electron chi connectivity index (χ2n) is 5.15. The standard InChI is InChI=1S/C17H13F3N4O2S/c1-2-24-15(26)13(6-5-11-4-3-7-22-9-11)27-16(24)12(8-21)14(25)23-10-17(18,19)20/h3-5,7,9H,2,10H2,1H3,(H,23,25)/b16-12-. The maximum Gasteiger partial charge on any atom is 0.405 e. The van der Waals surface area contributed by atoms with E-state index < -0.39 is 29.8 Å². The number of thiazole rings is 1. The highest BCUT2D eigenvalue weighted by Crippen LogP contribution is 2.12. The monoisotopic (exact) mass is 394 g/mol. The van der Waals surface area contributed by atoms with Gasteiger partial charge in [0.15, 0.2) is 5.57 Å². The maximum atomic E-state index is 12.4. The Morgan fingerprint density at radius 2 is 2.22 bits per heavy atom. The average Bonchev–Trinajstić information content (AvgIpc) is 2.94. The molecule has 0 saturated heterocycles. The van der Waals surface area contributed by atoms with Gasteiger partial charge in [-0.3, -0.25) is 19.1 Å². The minimum Gasteiger partial charge on any atom is -0.342 e. The summed E-state index contributed by atoms with van der Waals surface area (Å²) in [4.78, 5) is 28.3. The molecule has 0 radical (unpaired) electrons. The van der Waals surface area contributed by atoms with Crippen molar-refractivity contribution in [1.82, 2.24) is 14.9 Å². The van der Waals surface area contributed by atoms with E-state index in [0.29, 0.717) is 5.56 Å². The summed E-state index contributed by atoms with van der Waals surface area (Å²) in [6.07, 6.45) is 0.0386. The fourth-order valence-corrected chi connectivity index (χ4v) is 3.12. The number of alkyl halides is 3. The lowest BCUT2D eigenvalue weighted by atomic mass is 10.3. The van der Waals surface area contributed by atoms with Crippen LogP contribution in [0, 0.1) is 11.3 Å². The van der Waals surface area contributed by atoms with Crippen LogP contribution in [0.3, 0.4) is 0 Å². The van der Waals surface area contributed by atoms with E-state index in [0.717, 1.165) is 15.9 Å². The fourth-order valence-electron chi connectivity index (χ4n) is 2.05. The number of amides is 1. The number of rotatable bonds is 4. The molecule has 0 atom stereocenters. The largest absolute Gasteiger partial charge is 0.405 e. The average molecular weight is 394 g/mol. The Bertz CT molecular complexity index is 1090. The zero-order chi connectivity index (χ0) is 20.0. The lowest BCUT2D eigenvalue weighted by Gasteiger charge is -2.07. The molecule has 2 aromatic rings. The van der Waals surface area contributed by atoms with Crippen molar-refractivity contribution in [3.8, 4) is 6.07 Å². The van der Waals surface area contributed by atoms with Crippen LogP contribution in [0.1, 0.15) is 12.5 Å². The molecule has 0 bridgehead atoms. The third-order valence-corrected chi connectivity index (χ3v) is 4.37. The van der Waals surface area contributed by atoms with Gasteiger partial charge in [0, 0.05) is 24.5 Å². The second kappa shape index (κ2) is 8.49. The highest BCUT2D eigenvalue weighted by atomic mass is 32.1. The lowest BCUT2D eigenvalue weighted by molar-refractivity contribution is -0.135. The molecule has 0 fully saturated rings. The van der Waals surface area contributed by atoms with Gasteiger partial charge in [-0.15, -0.1) is 11.3 Å². The number of nitrogens with one attached hydrogen (secondary N) is 1. The molecule has 1 N–H and O–H groups in total. The number of hydrogen-bond acceptors (Lipinski definition) is 5. The molecule has 6 nitrogen and oxygen atoms in total.